The molecule has 116 valence electrons. The number of aliphatic carboxylic acids is 1. The highest BCUT2D eigenvalue weighted by atomic mass is 35.5. The van der Waals surface area contributed by atoms with Crippen LogP contribution in [0.1, 0.15) is 26.3 Å². The second-order valence-electron chi connectivity index (χ2n) is 4.91. The van der Waals surface area contributed by atoms with E-state index in [1.807, 2.05) is 0 Å². The van der Waals surface area contributed by atoms with Gasteiger partial charge in [0.05, 0.1) is 18.7 Å². The van der Waals surface area contributed by atoms with Crippen molar-refractivity contribution < 1.29 is 23.8 Å². The summed E-state index contributed by atoms with van der Waals surface area (Å²) in [5, 5.41) is 9.06. The summed E-state index contributed by atoms with van der Waals surface area (Å²) in [6.07, 6.45) is 1.42. The molecule has 1 N–H and O–H groups in total. The van der Waals surface area contributed by atoms with Gasteiger partial charge in [-0.05, 0) is 19.1 Å². The zero-order valence-electron chi connectivity index (χ0n) is 12.4. The predicted octanol–water partition coefficient (Wildman–Crippen LogP) is 3.77. The molecule has 0 bridgehead atoms. The SMILES string of the molecule is CCOC(=CC(C)(C)c1ccc(Cl)c(F)c1OC)C(=O)O. The van der Waals surface area contributed by atoms with E-state index in [0.29, 0.717) is 5.56 Å². The van der Waals surface area contributed by atoms with Crippen LogP contribution in [0.3, 0.4) is 0 Å². The summed E-state index contributed by atoms with van der Waals surface area (Å²) < 4.78 is 24.2. The first kappa shape index (κ1) is 17.3. The van der Waals surface area contributed by atoms with Gasteiger partial charge in [-0.2, -0.15) is 0 Å². The van der Waals surface area contributed by atoms with Crippen molar-refractivity contribution in [2.45, 2.75) is 26.2 Å². The van der Waals surface area contributed by atoms with Gasteiger partial charge >= 0.3 is 5.97 Å². The number of carboxylic acids is 1. The number of ether oxygens (including phenoxy) is 2. The van der Waals surface area contributed by atoms with E-state index < -0.39 is 17.2 Å². The average molecular weight is 317 g/mol. The lowest BCUT2D eigenvalue weighted by atomic mass is 9.83. The summed E-state index contributed by atoms with van der Waals surface area (Å²) in [5.74, 6) is -2.06. The minimum atomic E-state index is -1.18. The van der Waals surface area contributed by atoms with Crippen LogP contribution in [0.4, 0.5) is 4.39 Å². The molecule has 0 unspecified atom stereocenters. The van der Waals surface area contributed by atoms with Crippen LogP contribution >= 0.6 is 11.6 Å². The maximum atomic E-state index is 14.0. The summed E-state index contributed by atoms with van der Waals surface area (Å²) in [6.45, 7) is 5.38. The summed E-state index contributed by atoms with van der Waals surface area (Å²) in [5.41, 5.74) is -0.343. The zero-order valence-corrected chi connectivity index (χ0v) is 13.1. The van der Waals surface area contributed by atoms with E-state index in [4.69, 9.17) is 26.2 Å². The summed E-state index contributed by atoms with van der Waals surface area (Å²) in [7, 11) is 1.33. The third-order valence-electron chi connectivity index (χ3n) is 2.95. The Kier molecular flexibility index (Phi) is 5.61. The van der Waals surface area contributed by atoms with Crippen LogP contribution in [-0.4, -0.2) is 24.8 Å². The van der Waals surface area contributed by atoms with Crippen molar-refractivity contribution in [3.63, 3.8) is 0 Å². The van der Waals surface area contributed by atoms with Crippen molar-refractivity contribution in [3.05, 3.63) is 40.4 Å². The lowest BCUT2D eigenvalue weighted by Gasteiger charge is -2.24. The number of benzene rings is 1. The van der Waals surface area contributed by atoms with E-state index in [-0.39, 0.29) is 23.1 Å². The third kappa shape index (κ3) is 3.88. The smallest absolute Gasteiger partial charge is 0.370 e. The Labute approximate surface area is 128 Å². The van der Waals surface area contributed by atoms with Crippen molar-refractivity contribution in [1.29, 1.82) is 0 Å². The quantitative estimate of drug-likeness (QED) is 0.641. The number of allylic oxidation sites excluding steroid dienone is 1. The maximum absolute atomic E-state index is 14.0. The number of carbonyl (C=O) groups is 1. The molecule has 0 aliphatic heterocycles. The first-order valence-corrected chi connectivity index (χ1v) is 6.73. The van der Waals surface area contributed by atoms with Crippen molar-refractivity contribution in [2.75, 3.05) is 13.7 Å². The lowest BCUT2D eigenvalue weighted by Crippen LogP contribution is -2.19. The molecule has 0 heterocycles. The fraction of sp³-hybridized carbons (Fsp3) is 0.400. The number of hydrogen-bond donors (Lipinski definition) is 1. The standard InChI is InChI=1S/C15H18ClFO4/c1-5-21-11(14(18)19)8-15(2,3)9-6-7-10(16)12(17)13(9)20-4/h6-8H,5H2,1-4H3,(H,18,19). The highest BCUT2D eigenvalue weighted by molar-refractivity contribution is 6.30. The lowest BCUT2D eigenvalue weighted by molar-refractivity contribution is -0.136. The summed E-state index contributed by atoms with van der Waals surface area (Å²) in [6, 6.07) is 3.01. The molecule has 0 radical (unpaired) electrons. The minimum Gasteiger partial charge on any atom is -0.493 e. The first-order chi connectivity index (χ1) is 9.74. The van der Waals surface area contributed by atoms with Gasteiger partial charge in [0.15, 0.2) is 11.6 Å². The van der Waals surface area contributed by atoms with E-state index in [1.165, 1.54) is 19.3 Å². The Morgan fingerprint density at radius 1 is 1.48 bits per heavy atom. The molecular formula is C15H18ClFO4. The molecule has 21 heavy (non-hydrogen) atoms. The molecule has 4 nitrogen and oxygen atoms in total. The number of carboxylic acid groups (broad SMARTS) is 1. The number of methoxy groups -OCH3 is 1. The number of hydrogen-bond acceptors (Lipinski definition) is 3. The molecule has 0 amide bonds. The van der Waals surface area contributed by atoms with E-state index in [1.54, 1.807) is 26.8 Å². The first-order valence-electron chi connectivity index (χ1n) is 6.36. The van der Waals surface area contributed by atoms with Crippen LogP contribution in [0.2, 0.25) is 5.02 Å². The van der Waals surface area contributed by atoms with E-state index >= 15 is 0 Å². The maximum Gasteiger partial charge on any atom is 0.370 e. The van der Waals surface area contributed by atoms with Crippen LogP contribution in [0, 0.1) is 5.82 Å². The Morgan fingerprint density at radius 2 is 2.10 bits per heavy atom. The molecule has 0 aliphatic carbocycles. The molecule has 0 fully saturated rings. The highest BCUT2D eigenvalue weighted by Crippen LogP contribution is 2.38. The largest absolute Gasteiger partial charge is 0.493 e. The monoisotopic (exact) mass is 316 g/mol. The topological polar surface area (TPSA) is 55.8 Å². The van der Waals surface area contributed by atoms with Crippen molar-refractivity contribution in [1.82, 2.24) is 0 Å². The molecule has 0 atom stereocenters. The Morgan fingerprint density at radius 3 is 2.57 bits per heavy atom. The molecular weight excluding hydrogens is 299 g/mol. The molecule has 1 rings (SSSR count). The van der Waals surface area contributed by atoms with Gasteiger partial charge in [-0.1, -0.05) is 31.5 Å². The minimum absolute atomic E-state index is 0.00927. The van der Waals surface area contributed by atoms with Gasteiger partial charge < -0.3 is 14.6 Å². The number of halogens is 2. The van der Waals surface area contributed by atoms with Crippen molar-refractivity contribution >= 4 is 17.6 Å². The van der Waals surface area contributed by atoms with E-state index in [2.05, 4.69) is 0 Å². The molecule has 0 aromatic heterocycles. The van der Waals surface area contributed by atoms with Crippen LogP contribution in [0.25, 0.3) is 0 Å². The molecule has 1 aromatic rings. The molecule has 0 saturated heterocycles. The average Bonchev–Trinajstić information content (AvgIpc) is 2.40. The van der Waals surface area contributed by atoms with Gasteiger partial charge in [0.25, 0.3) is 0 Å². The number of rotatable bonds is 6. The highest BCUT2D eigenvalue weighted by Gasteiger charge is 2.28. The van der Waals surface area contributed by atoms with Crippen molar-refractivity contribution in [2.24, 2.45) is 0 Å². The zero-order chi connectivity index (χ0) is 16.2. The Hall–Kier alpha value is -1.75. The molecule has 0 spiro atoms. The predicted molar refractivity (Wildman–Crippen MR) is 78.3 cm³/mol. The summed E-state index contributed by atoms with van der Waals surface area (Å²) in [4.78, 5) is 11.2. The fourth-order valence-electron chi connectivity index (χ4n) is 1.97. The van der Waals surface area contributed by atoms with E-state index in [9.17, 15) is 9.18 Å². The van der Waals surface area contributed by atoms with Gasteiger partial charge in [0.2, 0.25) is 5.76 Å². The van der Waals surface area contributed by atoms with Gasteiger partial charge in [0.1, 0.15) is 0 Å². The third-order valence-corrected chi connectivity index (χ3v) is 3.24. The van der Waals surface area contributed by atoms with Gasteiger partial charge in [-0.3, -0.25) is 0 Å². The molecule has 1 aromatic carbocycles. The second kappa shape index (κ2) is 6.80. The van der Waals surface area contributed by atoms with Gasteiger partial charge in [-0.15, -0.1) is 0 Å². The van der Waals surface area contributed by atoms with Crippen LogP contribution < -0.4 is 4.74 Å². The molecule has 0 aliphatic rings. The fourth-order valence-corrected chi connectivity index (χ4v) is 2.11. The molecule has 0 saturated carbocycles. The van der Waals surface area contributed by atoms with Crippen LogP contribution in [0.15, 0.2) is 24.0 Å². The Bertz CT molecular complexity index is 567. The van der Waals surface area contributed by atoms with Crippen LogP contribution in [-0.2, 0) is 14.9 Å². The second-order valence-corrected chi connectivity index (χ2v) is 5.32. The van der Waals surface area contributed by atoms with Crippen molar-refractivity contribution in [3.8, 4) is 5.75 Å². The van der Waals surface area contributed by atoms with Crippen LogP contribution in [0.5, 0.6) is 5.75 Å². The Balaban J connectivity index is 3.39. The normalized spacial score (nSPS) is 12.2. The summed E-state index contributed by atoms with van der Waals surface area (Å²) >= 11 is 5.73. The van der Waals surface area contributed by atoms with E-state index in [0.717, 1.165) is 0 Å². The van der Waals surface area contributed by atoms with Gasteiger partial charge in [0, 0.05) is 11.0 Å². The van der Waals surface area contributed by atoms with Gasteiger partial charge in [-0.25, -0.2) is 9.18 Å². The molecule has 6 heteroatoms.